The first kappa shape index (κ1) is 16.1. The molecule has 0 aromatic heterocycles. The Hall–Kier alpha value is -1.80. The van der Waals surface area contributed by atoms with Crippen molar-refractivity contribution in [2.24, 2.45) is 0 Å². The maximum atomic E-state index is 12.4. The van der Waals surface area contributed by atoms with Crippen LogP contribution in [0.3, 0.4) is 0 Å². The van der Waals surface area contributed by atoms with Crippen LogP contribution in [0.4, 0.5) is 10.5 Å². The van der Waals surface area contributed by atoms with Gasteiger partial charge in [0.1, 0.15) is 0 Å². The van der Waals surface area contributed by atoms with Crippen molar-refractivity contribution < 1.29 is 23.1 Å². The van der Waals surface area contributed by atoms with Gasteiger partial charge in [0.05, 0.1) is 5.25 Å². The summed E-state index contributed by atoms with van der Waals surface area (Å²) in [5, 5.41) is 8.62. The summed E-state index contributed by atoms with van der Waals surface area (Å²) >= 11 is 0. The van der Waals surface area contributed by atoms with Crippen LogP contribution in [0.5, 0.6) is 0 Å². The number of nitrogens with zero attached hydrogens (tertiary/aromatic N) is 1. The lowest BCUT2D eigenvalue weighted by Crippen LogP contribution is -2.35. The molecular formula is C15H20N2O5S. The smallest absolute Gasteiger partial charge is 0.407 e. The molecule has 0 spiro atoms. The summed E-state index contributed by atoms with van der Waals surface area (Å²) in [6.07, 6.45) is 0.677. The molecule has 0 radical (unpaired) electrons. The molecule has 0 saturated carbocycles. The number of amides is 1. The van der Waals surface area contributed by atoms with Crippen molar-refractivity contribution in [2.45, 2.75) is 31.1 Å². The van der Waals surface area contributed by atoms with Crippen LogP contribution in [0.2, 0.25) is 0 Å². The molecule has 1 saturated heterocycles. The average molecular weight is 340 g/mol. The van der Waals surface area contributed by atoms with Gasteiger partial charge in [-0.05, 0) is 42.5 Å². The van der Waals surface area contributed by atoms with E-state index in [4.69, 9.17) is 9.84 Å². The number of anilines is 1. The Bertz CT molecular complexity index is 698. The van der Waals surface area contributed by atoms with Crippen LogP contribution in [-0.4, -0.2) is 49.5 Å². The van der Waals surface area contributed by atoms with Crippen molar-refractivity contribution >= 4 is 21.8 Å². The molecule has 1 amide bonds. The van der Waals surface area contributed by atoms with Crippen molar-refractivity contribution in [3.8, 4) is 0 Å². The van der Waals surface area contributed by atoms with Crippen LogP contribution >= 0.6 is 0 Å². The quantitative estimate of drug-likeness (QED) is 0.872. The maximum Gasteiger partial charge on any atom is 0.407 e. The molecule has 0 atom stereocenters. The standard InChI is InChI=1S/C15H20N2O5S/c18-15(19)17-6-3-11-9-13(2-1-12(11)10-17)16-23(20,21)14-4-7-22-8-5-14/h1-2,9,14,16H,3-8,10H2,(H,18,19). The Balaban J connectivity index is 1.74. The van der Waals surface area contributed by atoms with Gasteiger partial charge in [-0.3, -0.25) is 4.72 Å². The third kappa shape index (κ3) is 3.59. The molecule has 126 valence electrons. The van der Waals surface area contributed by atoms with Gasteiger partial charge in [0.15, 0.2) is 0 Å². The molecule has 8 heteroatoms. The van der Waals surface area contributed by atoms with Crippen LogP contribution in [0.15, 0.2) is 18.2 Å². The lowest BCUT2D eigenvalue weighted by molar-refractivity contribution is 0.0984. The zero-order valence-corrected chi connectivity index (χ0v) is 13.5. The van der Waals surface area contributed by atoms with Gasteiger partial charge in [-0.2, -0.15) is 0 Å². The van der Waals surface area contributed by atoms with Gasteiger partial charge in [-0.25, -0.2) is 13.2 Å². The second-order valence-corrected chi connectivity index (χ2v) is 7.86. The van der Waals surface area contributed by atoms with Gasteiger partial charge in [-0.15, -0.1) is 0 Å². The van der Waals surface area contributed by atoms with Crippen molar-refractivity contribution in [1.82, 2.24) is 4.90 Å². The van der Waals surface area contributed by atoms with Crippen LogP contribution in [0.25, 0.3) is 0 Å². The molecule has 23 heavy (non-hydrogen) atoms. The predicted octanol–water partition coefficient (Wildman–Crippen LogP) is 1.64. The molecule has 2 N–H and O–H groups in total. The Morgan fingerprint density at radius 1 is 1.26 bits per heavy atom. The van der Waals surface area contributed by atoms with E-state index < -0.39 is 21.4 Å². The minimum absolute atomic E-state index is 0.345. The van der Waals surface area contributed by atoms with Crippen LogP contribution in [0, 0.1) is 0 Å². The molecule has 0 unspecified atom stereocenters. The number of nitrogens with one attached hydrogen (secondary N) is 1. The highest BCUT2D eigenvalue weighted by atomic mass is 32.2. The number of sulfonamides is 1. The first-order valence-electron chi connectivity index (χ1n) is 7.65. The summed E-state index contributed by atoms with van der Waals surface area (Å²) in [5.74, 6) is 0. The molecule has 1 fully saturated rings. The summed E-state index contributed by atoms with van der Waals surface area (Å²) in [4.78, 5) is 12.4. The third-order valence-electron chi connectivity index (χ3n) is 4.36. The second kappa shape index (κ2) is 6.37. The number of hydrogen-bond donors (Lipinski definition) is 2. The SMILES string of the molecule is O=C(O)N1CCc2cc(NS(=O)(=O)C3CCOCC3)ccc2C1. The average Bonchev–Trinajstić information content (AvgIpc) is 2.54. The Morgan fingerprint density at radius 3 is 2.70 bits per heavy atom. The number of carbonyl (C=O) groups is 1. The summed E-state index contributed by atoms with van der Waals surface area (Å²) in [7, 11) is -3.42. The van der Waals surface area contributed by atoms with Gasteiger partial charge in [-0.1, -0.05) is 6.07 Å². The Kier molecular flexibility index (Phi) is 4.45. The lowest BCUT2D eigenvalue weighted by Gasteiger charge is -2.27. The first-order chi connectivity index (χ1) is 11.0. The number of ether oxygens (including phenoxy) is 1. The molecule has 1 aromatic rings. The van der Waals surface area contributed by atoms with Gasteiger partial charge in [0, 0.05) is 32.0 Å². The normalized spacial score (nSPS) is 19.2. The van der Waals surface area contributed by atoms with E-state index in [0.717, 1.165) is 11.1 Å². The zero-order chi connectivity index (χ0) is 16.4. The molecule has 0 aliphatic carbocycles. The Labute approximate surface area is 135 Å². The second-order valence-electron chi connectivity index (χ2n) is 5.90. The highest BCUT2D eigenvalue weighted by Gasteiger charge is 2.28. The summed E-state index contributed by atoms with van der Waals surface area (Å²) in [6, 6.07) is 5.30. The molecule has 0 bridgehead atoms. The number of hydrogen-bond acceptors (Lipinski definition) is 4. The highest BCUT2D eigenvalue weighted by Crippen LogP contribution is 2.25. The van der Waals surface area contributed by atoms with E-state index in [0.29, 0.717) is 51.3 Å². The van der Waals surface area contributed by atoms with E-state index in [2.05, 4.69) is 4.72 Å². The number of fused-ring (bicyclic) bond motifs is 1. The minimum atomic E-state index is -3.42. The third-order valence-corrected chi connectivity index (χ3v) is 6.23. The molecule has 2 heterocycles. The maximum absolute atomic E-state index is 12.4. The van der Waals surface area contributed by atoms with E-state index in [1.807, 2.05) is 6.07 Å². The minimum Gasteiger partial charge on any atom is -0.465 e. The summed E-state index contributed by atoms with van der Waals surface area (Å²) in [6.45, 7) is 1.72. The monoisotopic (exact) mass is 340 g/mol. The Morgan fingerprint density at radius 2 is 2.00 bits per heavy atom. The fourth-order valence-electron chi connectivity index (χ4n) is 3.01. The molecule has 2 aliphatic rings. The largest absolute Gasteiger partial charge is 0.465 e. The van der Waals surface area contributed by atoms with E-state index >= 15 is 0 Å². The van der Waals surface area contributed by atoms with Crippen LogP contribution in [-0.2, 0) is 27.7 Å². The van der Waals surface area contributed by atoms with Crippen molar-refractivity contribution in [3.05, 3.63) is 29.3 Å². The van der Waals surface area contributed by atoms with Crippen molar-refractivity contribution in [2.75, 3.05) is 24.5 Å². The van der Waals surface area contributed by atoms with E-state index in [9.17, 15) is 13.2 Å². The van der Waals surface area contributed by atoms with Crippen molar-refractivity contribution in [1.29, 1.82) is 0 Å². The lowest BCUT2D eigenvalue weighted by atomic mass is 9.99. The fourth-order valence-corrected chi connectivity index (χ4v) is 4.45. The van der Waals surface area contributed by atoms with Gasteiger partial charge in [0.25, 0.3) is 0 Å². The zero-order valence-electron chi connectivity index (χ0n) is 12.7. The van der Waals surface area contributed by atoms with Crippen LogP contribution < -0.4 is 4.72 Å². The van der Waals surface area contributed by atoms with Crippen LogP contribution in [0.1, 0.15) is 24.0 Å². The molecule has 3 rings (SSSR count). The number of rotatable bonds is 3. The van der Waals surface area contributed by atoms with Gasteiger partial charge in [0.2, 0.25) is 10.0 Å². The molecule has 2 aliphatic heterocycles. The van der Waals surface area contributed by atoms with Crippen molar-refractivity contribution in [3.63, 3.8) is 0 Å². The van der Waals surface area contributed by atoms with E-state index in [1.165, 1.54) is 4.90 Å². The molecule has 1 aromatic carbocycles. The van der Waals surface area contributed by atoms with E-state index in [-0.39, 0.29) is 0 Å². The van der Waals surface area contributed by atoms with E-state index in [1.54, 1.807) is 12.1 Å². The van der Waals surface area contributed by atoms with Gasteiger partial charge >= 0.3 is 6.09 Å². The number of carboxylic acid groups (broad SMARTS) is 1. The highest BCUT2D eigenvalue weighted by molar-refractivity contribution is 7.93. The summed E-state index contributed by atoms with van der Waals surface area (Å²) in [5.41, 5.74) is 2.46. The number of benzene rings is 1. The van der Waals surface area contributed by atoms with Gasteiger partial charge < -0.3 is 14.7 Å². The fraction of sp³-hybridized carbons (Fsp3) is 0.533. The summed E-state index contributed by atoms with van der Waals surface area (Å²) < 4.78 is 32.7. The molecular weight excluding hydrogens is 320 g/mol. The molecule has 7 nitrogen and oxygen atoms in total. The topological polar surface area (TPSA) is 95.9 Å². The first-order valence-corrected chi connectivity index (χ1v) is 9.19. The predicted molar refractivity (Wildman–Crippen MR) is 85.0 cm³/mol.